The molecule has 0 amide bonds. The van der Waals surface area contributed by atoms with Gasteiger partial charge in [-0.05, 0) is 97.4 Å². The Morgan fingerprint density at radius 3 is 1.56 bits per heavy atom. The summed E-state index contributed by atoms with van der Waals surface area (Å²) in [5.41, 5.74) is 29.5. The molecule has 0 saturated heterocycles. The van der Waals surface area contributed by atoms with E-state index in [0.717, 1.165) is 49.8 Å². The molecule has 0 spiro atoms. The highest BCUT2D eigenvalue weighted by atomic mass is 16.3. The van der Waals surface area contributed by atoms with Crippen LogP contribution >= 0.6 is 0 Å². The minimum atomic E-state index is -0.534. The Kier molecular flexibility index (Phi) is 10.4. The molecule has 1 aliphatic rings. The van der Waals surface area contributed by atoms with Gasteiger partial charge >= 0.3 is 0 Å². The van der Waals surface area contributed by atoms with Crippen LogP contribution in [0.4, 0.5) is 17.1 Å². The average molecular weight is 884 g/mol. The van der Waals surface area contributed by atoms with Crippen molar-refractivity contribution in [3.63, 3.8) is 0 Å². The lowest BCUT2D eigenvalue weighted by molar-refractivity contribution is 0.673. The molecule has 11 heteroatoms. The van der Waals surface area contributed by atoms with Crippen molar-refractivity contribution >= 4 is 170 Å². The predicted octanol–water partition coefficient (Wildman–Crippen LogP) is 0.232. The summed E-state index contributed by atoms with van der Waals surface area (Å²) in [5, 5.41) is 4.59. The van der Waals surface area contributed by atoms with Crippen molar-refractivity contribution in [3.8, 4) is 33.4 Å². The molecule has 10 aromatic carbocycles. The summed E-state index contributed by atoms with van der Waals surface area (Å²) in [6.45, 7) is 0. The number of benzene rings is 10. The normalized spacial score (nSPS) is 12.6. The summed E-state index contributed by atoms with van der Waals surface area (Å²) in [7, 11) is 20.9. The number of furan rings is 1. The fourth-order valence-electron chi connectivity index (χ4n) is 12.4. The Morgan fingerprint density at radius 2 is 0.900 bits per heavy atom. The van der Waals surface area contributed by atoms with Crippen molar-refractivity contribution in [2.75, 3.05) is 4.90 Å². The molecular weight excluding hydrogens is 836 g/mol. The molecule has 0 radical (unpaired) electrons. The monoisotopic (exact) mass is 885 g/mol. The van der Waals surface area contributed by atoms with Crippen LogP contribution < -0.4 is 54.1 Å². The molecule has 2 nitrogen and oxygen atoms in total. The smallest absolute Gasteiger partial charge is 0.143 e. The quantitative estimate of drug-likeness (QED) is 0.214. The van der Waals surface area contributed by atoms with Gasteiger partial charge in [-0.1, -0.05) is 178 Å². The van der Waals surface area contributed by atoms with Crippen LogP contribution in [0.5, 0.6) is 0 Å². The van der Waals surface area contributed by atoms with Crippen molar-refractivity contribution in [3.05, 3.63) is 204 Å². The Labute approximate surface area is 419 Å². The lowest BCUT2D eigenvalue weighted by atomic mass is 9.56. The van der Waals surface area contributed by atoms with Crippen molar-refractivity contribution in [1.82, 2.24) is 0 Å². The molecule has 1 aromatic heterocycles. The Bertz CT molecular complexity index is 3850. The zero-order valence-corrected chi connectivity index (χ0v) is 41.7. The maximum atomic E-state index is 6.66. The number of rotatable bonds is 7. The summed E-state index contributed by atoms with van der Waals surface area (Å²) in [6, 6.07) is 67.2. The van der Waals surface area contributed by atoms with Crippen molar-refractivity contribution < 1.29 is 4.42 Å². The van der Waals surface area contributed by atoms with E-state index in [-0.39, 0.29) is 0 Å². The SMILES string of the molecule is Bc1c(B)c(B)c(-c2c(B)c(B)c(N(c3ccc(-c4cccc5oc6c7ccccc7ccc6c45)cc3)c3ccc4c(c3)C(c3ccccc3)(c3ccccc3)c3ccccc3-4)c(B)c2B)c(B)c1B. The fourth-order valence-corrected chi connectivity index (χ4v) is 12.4. The summed E-state index contributed by atoms with van der Waals surface area (Å²) in [5.74, 6) is 0. The molecular formula is C59H48B9NO. The van der Waals surface area contributed by atoms with E-state index < -0.39 is 5.41 Å². The molecule has 70 heavy (non-hydrogen) atoms. The molecule has 1 aliphatic carbocycles. The molecule has 0 saturated carbocycles. The molecule has 0 atom stereocenters. The first-order chi connectivity index (χ1) is 34.0. The molecule has 1 heterocycles. The van der Waals surface area contributed by atoms with Crippen LogP contribution in [0.2, 0.25) is 0 Å². The molecule has 0 fully saturated rings. The van der Waals surface area contributed by atoms with Crippen molar-refractivity contribution in [2.45, 2.75) is 5.41 Å². The van der Waals surface area contributed by atoms with E-state index in [4.69, 9.17) is 4.42 Å². The third kappa shape index (κ3) is 6.33. The lowest BCUT2D eigenvalue weighted by Gasteiger charge is -2.36. The molecule has 11 aromatic rings. The molecule has 0 aliphatic heterocycles. The number of hydrogen-bond acceptors (Lipinski definition) is 2. The number of nitrogens with zero attached hydrogens (tertiary/aromatic N) is 1. The van der Waals surface area contributed by atoms with Gasteiger partial charge in [0.15, 0.2) is 0 Å². The summed E-state index contributed by atoms with van der Waals surface area (Å²) in [4.78, 5) is 2.55. The van der Waals surface area contributed by atoms with Gasteiger partial charge in [-0.3, -0.25) is 0 Å². The van der Waals surface area contributed by atoms with Crippen LogP contribution in [0.1, 0.15) is 22.3 Å². The second-order valence-electron chi connectivity index (χ2n) is 19.8. The van der Waals surface area contributed by atoms with E-state index >= 15 is 0 Å². The Hall–Kier alpha value is -7.36. The maximum absolute atomic E-state index is 6.66. The molecule has 0 bridgehead atoms. The van der Waals surface area contributed by atoms with E-state index in [1.807, 2.05) is 0 Å². The highest BCUT2D eigenvalue weighted by Crippen LogP contribution is 2.57. The van der Waals surface area contributed by atoms with E-state index in [1.165, 1.54) is 105 Å². The fraction of sp³-hybridized carbons (Fsp3) is 0.0169. The van der Waals surface area contributed by atoms with Crippen LogP contribution in [0.15, 0.2) is 186 Å². The van der Waals surface area contributed by atoms with Gasteiger partial charge in [-0.25, -0.2) is 0 Å². The zero-order valence-electron chi connectivity index (χ0n) is 41.7. The third-order valence-electron chi connectivity index (χ3n) is 16.6. The van der Waals surface area contributed by atoms with Gasteiger partial charge in [0.25, 0.3) is 0 Å². The summed E-state index contributed by atoms with van der Waals surface area (Å²) in [6.07, 6.45) is 0. The molecule has 0 N–H and O–H groups in total. The van der Waals surface area contributed by atoms with Crippen molar-refractivity contribution in [1.29, 1.82) is 0 Å². The lowest BCUT2D eigenvalue weighted by Crippen LogP contribution is -2.57. The summed E-state index contributed by atoms with van der Waals surface area (Å²) >= 11 is 0. The second-order valence-corrected chi connectivity index (χ2v) is 19.8. The van der Waals surface area contributed by atoms with E-state index in [0.29, 0.717) is 0 Å². The zero-order chi connectivity index (χ0) is 48.2. The molecule has 322 valence electrons. The Morgan fingerprint density at radius 1 is 0.371 bits per heavy atom. The third-order valence-corrected chi connectivity index (χ3v) is 16.6. The summed E-state index contributed by atoms with van der Waals surface area (Å²) < 4.78 is 6.66. The van der Waals surface area contributed by atoms with Crippen LogP contribution in [0.3, 0.4) is 0 Å². The first-order valence-corrected chi connectivity index (χ1v) is 24.8. The van der Waals surface area contributed by atoms with Gasteiger partial charge in [0, 0.05) is 33.2 Å². The largest absolute Gasteiger partial charge is 0.455 e. The van der Waals surface area contributed by atoms with Gasteiger partial charge in [-0.2, -0.15) is 0 Å². The first-order valence-electron chi connectivity index (χ1n) is 24.8. The van der Waals surface area contributed by atoms with Gasteiger partial charge in [-0.15, -0.1) is 16.4 Å². The van der Waals surface area contributed by atoms with Crippen LogP contribution in [0, 0.1) is 0 Å². The minimum Gasteiger partial charge on any atom is -0.455 e. The van der Waals surface area contributed by atoms with Gasteiger partial charge in [0.1, 0.15) is 81.8 Å². The van der Waals surface area contributed by atoms with E-state index in [2.05, 4.69) is 258 Å². The topological polar surface area (TPSA) is 16.4 Å². The number of hydrogen-bond donors (Lipinski definition) is 0. The predicted molar refractivity (Wildman–Crippen MR) is 328 cm³/mol. The minimum absolute atomic E-state index is 0.534. The van der Waals surface area contributed by atoms with E-state index in [9.17, 15) is 0 Å². The molecule has 0 unspecified atom stereocenters. The van der Waals surface area contributed by atoms with Crippen LogP contribution in [0.25, 0.3) is 66.1 Å². The highest BCUT2D eigenvalue weighted by Gasteiger charge is 2.46. The highest BCUT2D eigenvalue weighted by molar-refractivity contribution is 6.71. The van der Waals surface area contributed by atoms with Gasteiger partial charge in [0.05, 0.1) is 5.41 Å². The Balaban J connectivity index is 1.11. The maximum Gasteiger partial charge on any atom is 0.143 e. The number of fused-ring (bicyclic) bond motifs is 8. The average Bonchev–Trinajstić information content (AvgIpc) is 3.94. The first kappa shape index (κ1) is 43.9. The van der Waals surface area contributed by atoms with Gasteiger partial charge < -0.3 is 9.32 Å². The second kappa shape index (κ2) is 16.7. The number of anilines is 3. The standard InChI is InChI=1S/C59H48B9NO/c60-48-46(49(61)53(65)54(66)52(48)64)47-50(62)55(67)57(56(68)51(47)63)69(35-25-22-32(23-26-35)37-19-11-21-44-45(37)41-28-24-31-12-7-8-17-38(31)58(41)70-44)36-27-29-40-39-18-9-10-20-42(39)59(43(40)30-36,33-13-3-1-4-14-33)34-15-5-2-6-16-34/h1-30H,60-68H2. The van der Waals surface area contributed by atoms with E-state index in [1.54, 1.807) is 0 Å². The van der Waals surface area contributed by atoms with Crippen LogP contribution in [-0.4, -0.2) is 70.6 Å². The van der Waals surface area contributed by atoms with Crippen LogP contribution in [-0.2, 0) is 5.41 Å². The van der Waals surface area contributed by atoms with Gasteiger partial charge in [0.2, 0.25) is 0 Å². The molecule has 12 rings (SSSR count). The van der Waals surface area contributed by atoms with Crippen molar-refractivity contribution in [2.24, 2.45) is 0 Å².